The average Bonchev–Trinajstić information content (AvgIpc) is 3.12. The van der Waals surface area contributed by atoms with Gasteiger partial charge in [0.05, 0.1) is 0 Å². The van der Waals surface area contributed by atoms with Gasteiger partial charge in [0.1, 0.15) is 0 Å². The minimum atomic E-state index is -3.32. The number of esters is 1. The van der Waals surface area contributed by atoms with Crippen LogP contribution in [-0.2, 0) is 19.4 Å². The van der Waals surface area contributed by atoms with Crippen LogP contribution in [0.15, 0.2) is 47.4 Å². The zero-order valence-electron chi connectivity index (χ0n) is 18.7. The Labute approximate surface area is 211 Å². The second kappa shape index (κ2) is 9.74. The molecule has 3 unspecified atom stereocenters. The van der Waals surface area contributed by atoms with E-state index in [-0.39, 0.29) is 55.0 Å². The van der Waals surface area contributed by atoms with E-state index in [1.54, 1.807) is 6.07 Å². The number of sulfone groups is 1. The third-order valence-electron chi connectivity index (χ3n) is 6.40. The van der Waals surface area contributed by atoms with Gasteiger partial charge in [0, 0.05) is 0 Å². The molecule has 0 saturated heterocycles. The number of hydrogen-bond donors (Lipinski definition) is 0. The zero-order chi connectivity index (χ0) is 23.0. The van der Waals surface area contributed by atoms with Gasteiger partial charge in [0.15, 0.2) is 0 Å². The number of cyclic esters (lactones) is 1. The van der Waals surface area contributed by atoms with E-state index in [1.165, 1.54) is 19.1 Å². The van der Waals surface area contributed by atoms with Gasteiger partial charge in [-0.3, -0.25) is 0 Å². The maximum absolute atomic E-state index is 12.8. The summed E-state index contributed by atoms with van der Waals surface area (Å²) in [5.74, 6) is 0.339. The van der Waals surface area contributed by atoms with Gasteiger partial charge in [-0.15, -0.1) is 0 Å². The van der Waals surface area contributed by atoms with Crippen LogP contribution in [0.1, 0.15) is 39.0 Å². The second-order valence-corrected chi connectivity index (χ2v) is 15.9. The van der Waals surface area contributed by atoms with E-state index >= 15 is 0 Å². The van der Waals surface area contributed by atoms with Gasteiger partial charge in [0.2, 0.25) is 0 Å². The monoisotopic (exact) mass is 678 g/mol. The van der Waals surface area contributed by atoms with Crippen LogP contribution in [0.5, 0.6) is 0 Å². The molecule has 0 N–H and O–H groups in total. The van der Waals surface area contributed by atoms with Crippen LogP contribution in [0, 0.1) is 12.8 Å². The zero-order valence-corrected chi connectivity index (χ0v) is 23.8. The van der Waals surface area contributed by atoms with Crippen molar-refractivity contribution in [2.45, 2.75) is 32.5 Å². The first kappa shape index (κ1) is 24.2. The van der Waals surface area contributed by atoms with Crippen molar-refractivity contribution >= 4 is 27.0 Å². The Morgan fingerprint density at radius 2 is 1.78 bits per heavy atom. The number of rotatable bonds is 7. The van der Waals surface area contributed by atoms with E-state index < -0.39 is 9.84 Å². The molecule has 174 valence electrons. The van der Waals surface area contributed by atoms with Crippen molar-refractivity contribution in [1.29, 1.82) is 0 Å². The molecular weight excluding hydrogens is 650 g/mol. The number of ether oxygens (including phenoxy) is 1. The van der Waals surface area contributed by atoms with Crippen molar-refractivity contribution in [2.24, 2.45) is 5.92 Å². The van der Waals surface area contributed by atoms with Gasteiger partial charge in [-0.05, 0) is 0 Å². The molecule has 0 bridgehead atoms. The summed E-state index contributed by atoms with van der Waals surface area (Å²) >= 11 is 0.00102. The first-order valence-electron chi connectivity index (χ1n) is 10.5. The molecule has 0 spiro atoms. The fourth-order valence-corrected chi connectivity index (χ4v) is 11.6. The van der Waals surface area contributed by atoms with Gasteiger partial charge in [-0.2, -0.15) is 0 Å². The summed E-state index contributed by atoms with van der Waals surface area (Å²) in [5, 5.41) is 0. The van der Waals surface area contributed by atoms with Gasteiger partial charge in [-0.25, -0.2) is 0 Å². The number of hydrogen-bond acceptors (Lipinski definition) is 4. The molecule has 2 aliphatic rings. The number of carbonyl (C=O) groups excluding carboxylic acids is 1. The predicted molar refractivity (Wildman–Crippen MR) is 120 cm³/mol. The number of alkyl halides is 4. The molecule has 2 aromatic rings. The third-order valence-corrected chi connectivity index (χ3v) is 13.6. The van der Waals surface area contributed by atoms with Crippen LogP contribution < -0.4 is 42.4 Å². The van der Waals surface area contributed by atoms with Gasteiger partial charge < -0.3 is 0 Å². The Bertz CT molecular complexity index is 1170. The maximum atomic E-state index is 12.8. The van der Waals surface area contributed by atoms with Gasteiger partial charge in [-0.1, -0.05) is 0 Å². The summed E-state index contributed by atoms with van der Waals surface area (Å²) in [6.07, 6.45) is 3.79. The van der Waals surface area contributed by atoms with Crippen molar-refractivity contribution in [3.63, 3.8) is 0 Å². The summed E-state index contributed by atoms with van der Waals surface area (Å²) in [4.78, 5) is 17.8. The number of halogens is 2. The molecule has 0 aromatic heterocycles. The first-order valence-corrected chi connectivity index (χ1v) is 19.2. The van der Waals surface area contributed by atoms with Crippen LogP contribution in [-0.4, -0.2) is 41.0 Å². The van der Waals surface area contributed by atoms with Crippen LogP contribution >= 0.6 is 0 Å². The van der Waals surface area contributed by atoms with Crippen molar-refractivity contribution < 1.29 is 60.4 Å². The average molecular weight is 678 g/mol. The number of aryl methyl sites for hydroxylation is 1. The minimum absolute atomic E-state index is 0.159. The van der Waals surface area contributed by atoms with Gasteiger partial charge in [0.25, 0.3) is 0 Å². The Morgan fingerprint density at radius 3 is 2.34 bits per heavy atom. The first-order chi connectivity index (χ1) is 15.2. The molecule has 4 rings (SSSR count). The van der Waals surface area contributed by atoms with Crippen molar-refractivity contribution in [2.75, 3.05) is 22.7 Å². The van der Waals surface area contributed by atoms with E-state index in [4.69, 9.17) is 4.74 Å². The topological polar surface area (TPSA) is 60.4 Å². The quantitative estimate of drug-likeness (QED) is 0.196. The Kier molecular flexibility index (Phi) is 7.36. The fraction of sp³-hybridized carbons (Fsp3) is 0.400. The molecule has 1 saturated carbocycles. The SMILES string of the molecule is C[I-]C1CCC1C([I-]C)c1cc(S(C)(=O)=O)ccc1C1=C(c2ccc(C)cc2)C(=O)OC1. The molecule has 3 atom stereocenters. The molecule has 1 aliphatic heterocycles. The van der Waals surface area contributed by atoms with Crippen LogP contribution in [0.25, 0.3) is 11.1 Å². The Balaban J connectivity index is 1.91. The van der Waals surface area contributed by atoms with Crippen molar-refractivity contribution in [3.8, 4) is 0 Å². The molecule has 1 aliphatic carbocycles. The molecule has 1 fully saturated rings. The molecule has 1 heterocycles. The molecule has 32 heavy (non-hydrogen) atoms. The van der Waals surface area contributed by atoms with E-state index in [1.807, 2.05) is 43.3 Å². The Morgan fingerprint density at radius 1 is 1.06 bits per heavy atom. The Hall–Kier alpha value is -0.940. The molecule has 0 radical (unpaired) electrons. The molecular formula is C25H28I2O4S-2. The summed E-state index contributed by atoms with van der Waals surface area (Å²) in [6, 6.07) is 13.4. The molecule has 7 heteroatoms. The van der Waals surface area contributed by atoms with E-state index in [0.29, 0.717) is 20.3 Å². The van der Waals surface area contributed by atoms with E-state index in [2.05, 4.69) is 9.86 Å². The molecule has 4 nitrogen and oxygen atoms in total. The van der Waals surface area contributed by atoms with Crippen LogP contribution in [0.2, 0.25) is 0 Å². The predicted octanol–water partition coefficient (Wildman–Crippen LogP) is -1.88. The summed E-state index contributed by atoms with van der Waals surface area (Å²) in [5.41, 5.74) is 5.58. The standard InChI is InChI=1S/C25H28I2O4S/c1-15-5-7-16(8-6-15)23-21(14-31-25(23)28)18-10-9-17(32(4,29)30)13-20(18)24(27-3)19-11-12-22(19)26-2/h5-10,13,19,22,24H,11-12,14H2,1-4H3/q-2. The second-order valence-electron chi connectivity index (χ2n) is 8.41. The van der Waals surface area contributed by atoms with Crippen molar-refractivity contribution in [1.82, 2.24) is 0 Å². The van der Waals surface area contributed by atoms with Crippen LogP contribution in [0.3, 0.4) is 0 Å². The van der Waals surface area contributed by atoms with Gasteiger partial charge >= 0.3 is 213 Å². The molecule has 0 amide bonds. The van der Waals surface area contributed by atoms with E-state index in [0.717, 1.165) is 31.8 Å². The molecule has 2 aromatic carbocycles. The summed E-state index contributed by atoms with van der Waals surface area (Å²) < 4.78 is 31.5. The summed E-state index contributed by atoms with van der Waals surface area (Å²) in [7, 11) is -3.32. The van der Waals surface area contributed by atoms with Crippen molar-refractivity contribution in [3.05, 3.63) is 64.7 Å². The number of benzene rings is 2. The normalized spacial score (nSPS) is 22.2. The summed E-state index contributed by atoms with van der Waals surface area (Å²) in [6.45, 7) is 2.26. The fourth-order valence-electron chi connectivity index (χ4n) is 4.50. The van der Waals surface area contributed by atoms with Crippen LogP contribution in [0.4, 0.5) is 0 Å². The number of carbonyl (C=O) groups is 1. The third kappa shape index (κ3) is 4.66. The van der Waals surface area contributed by atoms with E-state index in [9.17, 15) is 13.2 Å².